The Morgan fingerprint density at radius 3 is 2.76 bits per heavy atom. The summed E-state index contributed by atoms with van der Waals surface area (Å²) in [7, 11) is 0. The first-order valence-electron chi connectivity index (χ1n) is 6.10. The monoisotopic (exact) mass is 342 g/mol. The largest absolute Gasteiger partial charge is 0.455 e. The van der Waals surface area contributed by atoms with Crippen LogP contribution in [0.3, 0.4) is 0 Å². The minimum atomic E-state index is -0.427. The van der Waals surface area contributed by atoms with Crippen LogP contribution in [0.5, 0.6) is 11.5 Å². The van der Waals surface area contributed by atoms with Crippen LogP contribution >= 0.6 is 15.9 Å². The fourth-order valence-electron chi connectivity index (χ4n) is 1.96. The molecule has 1 heterocycles. The lowest BCUT2D eigenvalue weighted by atomic mass is 10.1. The van der Waals surface area contributed by atoms with E-state index in [1.165, 1.54) is 12.3 Å². The van der Waals surface area contributed by atoms with E-state index in [0.717, 1.165) is 0 Å². The predicted molar refractivity (Wildman–Crippen MR) is 80.6 cm³/mol. The van der Waals surface area contributed by atoms with Crippen molar-refractivity contribution in [3.8, 4) is 17.6 Å². The lowest BCUT2D eigenvalue weighted by Gasteiger charge is -2.10. The van der Waals surface area contributed by atoms with Crippen molar-refractivity contribution in [1.29, 1.82) is 5.26 Å². The summed E-state index contributed by atoms with van der Waals surface area (Å²) in [6.07, 6.45) is 1.45. The van der Waals surface area contributed by atoms with Crippen LogP contribution in [0.2, 0.25) is 0 Å². The summed E-state index contributed by atoms with van der Waals surface area (Å²) >= 11 is 3.09. The average Bonchev–Trinajstić information content (AvgIpc) is 2.51. The van der Waals surface area contributed by atoms with E-state index in [9.17, 15) is 9.65 Å². The van der Waals surface area contributed by atoms with Gasteiger partial charge in [0.2, 0.25) is 0 Å². The molecule has 0 fully saturated rings. The predicted octanol–water partition coefficient (Wildman–Crippen LogP) is 4.80. The van der Waals surface area contributed by atoms with Gasteiger partial charge in [-0.3, -0.25) is 4.98 Å². The lowest BCUT2D eigenvalue weighted by Crippen LogP contribution is -1.93. The van der Waals surface area contributed by atoms with Crippen molar-refractivity contribution in [2.75, 3.05) is 0 Å². The number of ether oxygens (including phenoxy) is 1. The van der Waals surface area contributed by atoms with Crippen LogP contribution < -0.4 is 4.74 Å². The number of rotatable bonds is 2. The van der Waals surface area contributed by atoms with Gasteiger partial charge in [-0.05, 0) is 40.2 Å². The number of nitrogens with zero attached hydrogens (tertiary/aromatic N) is 2. The summed E-state index contributed by atoms with van der Waals surface area (Å²) in [5.74, 6) is 0.276. The highest BCUT2D eigenvalue weighted by Gasteiger charge is 2.12. The number of aromatic nitrogens is 1. The smallest absolute Gasteiger partial charge is 0.156 e. The van der Waals surface area contributed by atoms with Crippen LogP contribution in [0.25, 0.3) is 10.9 Å². The van der Waals surface area contributed by atoms with Crippen molar-refractivity contribution < 1.29 is 9.13 Å². The fourth-order valence-corrected chi connectivity index (χ4v) is 2.21. The molecule has 3 nitrogen and oxygen atoms in total. The summed E-state index contributed by atoms with van der Waals surface area (Å²) < 4.78 is 19.7. The number of nitriles is 1. The van der Waals surface area contributed by atoms with Crippen molar-refractivity contribution in [1.82, 2.24) is 4.98 Å². The van der Waals surface area contributed by atoms with Crippen molar-refractivity contribution in [2.24, 2.45) is 0 Å². The minimum absolute atomic E-state index is 0.303. The van der Waals surface area contributed by atoms with Crippen molar-refractivity contribution >= 4 is 26.8 Å². The number of benzene rings is 2. The second kappa shape index (κ2) is 5.51. The SMILES string of the molecule is N#Cc1cnc2ccccc2c1Oc1ccc(Br)c(F)c1. The van der Waals surface area contributed by atoms with E-state index in [4.69, 9.17) is 4.74 Å². The van der Waals surface area contributed by atoms with Crippen LogP contribution in [0.4, 0.5) is 4.39 Å². The molecule has 2 aromatic carbocycles. The van der Waals surface area contributed by atoms with Crippen molar-refractivity contribution in [3.05, 3.63) is 64.5 Å². The van der Waals surface area contributed by atoms with Crippen LogP contribution in [0.1, 0.15) is 5.56 Å². The van der Waals surface area contributed by atoms with Gasteiger partial charge < -0.3 is 4.74 Å². The maximum atomic E-state index is 13.6. The van der Waals surface area contributed by atoms with Gasteiger partial charge in [0.15, 0.2) is 5.75 Å². The highest BCUT2D eigenvalue weighted by atomic mass is 79.9. The molecule has 0 amide bonds. The van der Waals surface area contributed by atoms with Crippen LogP contribution in [0, 0.1) is 17.1 Å². The quantitative estimate of drug-likeness (QED) is 0.671. The molecule has 0 aliphatic carbocycles. The number of hydrogen-bond acceptors (Lipinski definition) is 3. The van der Waals surface area contributed by atoms with Gasteiger partial charge in [-0.15, -0.1) is 0 Å². The molecule has 3 aromatic rings. The van der Waals surface area contributed by atoms with E-state index >= 15 is 0 Å². The first-order valence-corrected chi connectivity index (χ1v) is 6.89. The molecule has 0 bridgehead atoms. The molecule has 0 spiro atoms. The molecule has 102 valence electrons. The summed E-state index contributed by atoms with van der Waals surface area (Å²) in [5, 5.41) is 9.91. The van der Waals surface area contributed by atoms with E-state index in [0.29, 0.717) is 32.4 Å². The van der Waals surface area contributed by atoms with Crippen molar-refractivity contribution in [3.63, 3.8) is 0 Å². The highest BCUT2D eigenvalue weighted by Crippen LogP contribution is 2.33. The number of hydrogen-bond donors (Lipinski definition) is 0. The Morgan fingerprint density at radius 2 is 2.00 bits per heavy atom. The molecule has 0 aliphatic rings. The molecule has 21 heavy (non-hydrogen) atoms. The Balaban J connectivity index is 2.14. The average molecular weight is 343 g/mol. The zero-order valence-corrected chi connectivity index (χ0v) is 12.3. The van der Waals surface area contributed by atoms with E-state index in [-0.39, 0.29) is 0 Å². The first-order chi connectivity index (χ1) is 10.2. The van der Waals surface area contributed by atoms with Gasteiger partial charge in [0, 0.05) is 17.6 Å². The van der Waals surface area contributed by atoms with E-state index in [2.05, 4.69) is 20.9 Å². The second-order valence-electron chi connectivity index (χ2n) is 4.31. The summed E-state index contributed by atoms with van der Waals surface area (Å²) in [5.41, 5.74) is 1.01. The Labute approximate surface area is 128 Å². The lowest BCUT2D eigenvalue weighted by molar-refractivity contribution is 0.479. The normalized spacial score (nSPS) is 10.3. The second-order valence-corrected chi connectivity index (χ2v) is 5.16. The standard InChI is InChI=1S/C16H8BrFN2O/c17-13-6-5-11(7-14(13)18)21-16-10(8-19)9-20-15-4-2-1-3-12(15)16/h1-7,9H. The Bertz CT molecular complexity index is 874. The topological polar surface area (TPSA) is 45.9 Å². The van der Waals surface area contributed by atoms with E-state index in [1.54, 1.807) is 12.1 Å². The third kappa shape index (κ3) is 2.58. The highest BCUT2D eigenvalue weighted by molar-refractivity contribution is 9.10. The summed E-state index contributed by atoms with van der Waals surface area (Å²) in [4.78, 5) is 4.20. The third-order valence-corrected chi connectivity index (χ3v) is 3.60. The van der Waals surface area contributed by atoms with Crippen LogP contribution in [0.15, 0.2) is 53.1 Å². The molecular weight excluding hydrogens is 335 g/mol. The molecular formula is C16H8BrFN2O. The van der Waals surface area contributed by atoms with Gasteiger partial charge in [0.1, 0.15) is 23.2 Å². The van der Waals surface area contributed by atoms with Gasteiger partial charge in [-0.25, -0.2) is 4.39 Å². The van der Waals surface area contributed by atoms with E-state index in [1.807, 2.05) is 30.3 Å². The maximum absolute atomic E-state index is 13.6. The number of pyridine rings is 1. The Kier molecular flexibility index (Phi) is 3.55. The molecule has 0 aliphatic heterocycles. The first kappa shape index (κ1) is 13.5. The summed E-state index contributed by atoms with van der Waals surface area (Å²) in [6, 6.07) is 13.8. The zero-order valence-electron chi connectivity index (χ0n) is 10.7. The number of fused-ring (bicyclic) bond motifs is 1. The van der Waals surface area contributed by atoms with Crippen LogP contribution in [-0.2, 0) is 0 Å². The molecule has 0 saturated carbocycles. The maximum Gasteiger partial charge on any atom is 0.156 e. The van der Waals surface area contributed by atoms with Gasteiger partial charge >= 0.3 is 0 Å². The molecule has 0 saturated heterocycles. The minimum Gasteiger partial charge on any atom is -0.455 e. The van der Waals surface area contributed by atoms with Gasteiger partial charge in [0.05, 0.1) is 9.99 Å². The zero-order chi connectivity index (χ0) is 14.8. The van der Waals surface area contributed by atoms with E-state index < -0.39 is 5.82 Å². The molecule has 0 N–H and O–H groups in total. The fraction of sp³-hybridized carbons (Fsp3) is 0. The van der Waals surface area contributed by atoms with Crippen LogP contribution in [-0.4, -0.2) is 4.98 Å². The molecule has 3 rings (SSSR count). The van der Waals surface area contributed by atoms with Gasteiger partial charge in [0.25, 0.3) is 0 Å². The third-order valence-electron chi connectivity index (χ3n) is 2.96. The van der Waals surface area contributed by atoms with Gasteiger partial charge in [-0.2, -0.15) is 5.26 Å². The molecule has 0 atom stereocenters. The van der Waals surface area contributed by atoms with Crippen molar-refractivity contribution in [2.45, 2.75) is 0 Å². The summed E-state index contributed by atoms with van der Waals surface area (Å²) in [6.45, 7) is 0. The number of halogens is 2. The molecule has 1 aromatic heterocycles. The Hall–Kier alpha value is -2.45. The molecule has 5 heteroatoms. The number of para-hydroxylation sites is 1. The molecule has 0 unspecified atom stereocenters. The Morgan fingerprint density at radius 1 is 1.19 bits per heavy atom. The molecule has 0 radical (unpaired) electrons. The van der Waals surface area contributed by atoms with Gasteiger partial charge in [-0.1, -0.05) is 12.1 Å².